The number of nitrogens with zero attached hydrogens (tertiary/aromatic N) is 5. The smallest absolute Gasteiger partial charge is 0.276 e. The lowest BCUT2D eigenvalue weighted by molar-refractivity contribution is -0.134. The third-order valence-corrected chi connectivity index (χ3v) is 11.7. The van der Waals surface area contributed by atoms with Crippen molar-refractivity contribution in [3.05, 3.63) is 74.3 Å². The molecule has 7 rings (SSSR count). The van der Waals surface area contributed by atoms with Gasteiger partial charge < -0.3 is 30.2 Å². The van der Waals surface area contributed by atoms with E-state index >= 15 is 0 Å². The summed E-state index contributed by atoms with van der Waals surface area (Å²) in [5.74, 6) is -2.14. The molecule has 1 aromatic carbocycles. The molecule has 3 aromatic heterocycles. The molecule has 0 saturated carbocycles. The lowest BCUT2D eigenvalue weighted by atomic mass is 10.0. The molecule has 52 heavy (non-hydrogen) atoms. The SMILES string of the molecule is CC(C)[C@@H]1NC(=O)[C@@H]2CCCN2C(=O)c2coc(n2)-c2csc(n2)[C@@H]2CCCN2C(=O)[C@@H](Cc2ccccc2)NC(=O)c2csc(n2)[C@H](C)NC1=O. The van der Waals surface area contributed by atoms with E-state index in [-0.39, 0.29) is 41.6 Å². The van der Waals surface area contributed by atoms with Crippen molar-refractivity contribution in [2.75, 3.05) is 13.1 Å². The average molecular weight is 745 g/mol. The van der Waals surface area contributed by atoms with Gasteiger partial charge in [-0.15, -0.1) is 22.7 Å². The predicted molar refractivity (Wildman–Crippen MR) is 192 cm³/mol. The summed E-state index contributed by atoms with van der Waals surface area (Å²) in [7, 11) is 0. The van der Waals surface area contributed by atoms with Crippen LogP contribution in [0.25, 0.3) is 11.6 Å². The highest BCUT2D eigenvalue weighted by Crippen LogP contribution is 2.36. The summed E-state index contributed by atoms with van der Waals surface area (Å²) in [5.41, 5.74) is 1.50. The van der Waals surface area contributed by atoms with Gasteiger partial charge in [-0.05, 0) is 44.1 Å². The summed E-state index contributed by atoms with van der Waals surface area (Å²) in [4.78, 5) is 85.8. The van der Waals surface area contributed by atoms with Gasteiger partial charge in [-0.3, -0.25) is 24.0 Å². The molecule has 3 N–H and O–H groups in total. The minimum Gasteiger partial charge on any atom is -0.442 e. The molecule has 0 radical (unpaired) electrons. The molecular formula is C36H40N8O6S2. The van der Waals surface area contributed by atoms with Gasteiger partial charge in [0.25, 0.3) is 11.8 Å². The summed E-state index contributed by atoms with van der Waals surface area (Å²) in [6.45, 7) is 6.26. The fourth-order valence-corrected chi connectivity index (χ4v) is 8.71. The van der Waals surface area contributed by atoms with E-state index in [0.717, 1.165) is 12.0 Å². The Hall–Kier alpha value is -4.96. The van der Waals surface area contributed by atoms with Gasteiger partial charge in [0.2, 0.25) is 23.6 Å². The van der Waals surface area contributed by atoms with Crippen LogP contribution >= 0.6 is 22.7 Å². The minimum absolute atomic E-state index is 0.0469. The quantitative estimate of drug-likeness (QED) is 0.281. The second kappa shape index (κ2) is 14.9. The topological polar surface area (TPSA) is 180 Å². The van der Waals surface area contributed by atoms with Crippen LogP contribution in [0.4, 0.5) is 0 Å². The fraction of sp³-hybridized carbons (Fsp3) is 0.444. The van der Waals surface area contributed by atoms with E-state index in [1.165, 1.54) is 33.8 Å². The molecule has 2 saturated heterocycles. The van der Waals surface area contributed by atoms with Crippen molar-refractivity contribution in [1.82, 2.24) is 40.7 Å². The molecule has 0 aliphatic carbocycles. The standard InChI is InChI=1S/C36H40N8O6S2/c1-19(2)28-31(47)37-20(3)33-40-24(17-51-33)29(45)38-22(15-21-9-5-4-6-10-21)35(48)44-14-8-12-27(44)34-41-25(18-52-34)32-39-23(16-50-32)36(49)43-13-7-11-26(43)30(46)42-28/h4-6,9-10,16-20,22,26-28H,7-8,11-15H2,1-3H3,(H,37,47)(H,38,45)(H,42,46)/t20-,22+,26-,27-,28-/m0/s1. The number of thiazole rings is 2. The molecule has 4 aromatic rings. The highest BCUT2D eigenvalue weighted by Gasteiger charge is 2.39. The van der Waals surface area contributed by atoms with Crippen LogP contribution in [0, 0.1) is 5.92 Å². The van der Waals surface area contributed by atoms with Gasteiger partial charge in [0, 0.05) is 30.3 Å². The van der Waals surface area contributed by atoms with E-state index < -0.39 is 47.8 Å². The maximum absolute atomic E-state index is 14.3. The first kappa shape index (κ1) is 35.4. The first-order valence-corrected chi connectivity index (χ1v) is 19.3. The van der Waals surface area contributed by atoms with Crippen LogP contribution in [0.5, 0.6) is 0 Å². The Morgan fingerprint density at radius 2 is 1.50 bits per heavy atom. The van der Waals surface area contributed by atoms with Crippen molar-refractivity contribution in [1.29, 1.82) is 0 Å². The maximum atomic E-state index is 14.3. The number of carbonyl (C=O) groups excluding carboxylic acids is 5. The van der Waals surface area contributed by atoms with E-state index in [9.17, 15) is 24.0 Å². The van der Waals surface area contributed by atoms with Crippen LogP contribution in [0.1, 0.15) is 95.1 Å². The highest BCUT2D eigenvalue weighted by atomic mass is 32.1. The minimum atomic E-state index is -0.891. The zero-order valence-electron chi connectivity index (χ0n) is 29.0. The van der Waals surface area contributed by atoms with Crippen LogP contribution < -0.4 is 16.0 Å². The van der Waals surface area contributed by atoms with Gasteiger partial charge in [-0.2, -0.15) is 0 Å². The van der Waals surface area contributed by atoms with Crippen molar-refractivity contribution < 1.29 is 28.4 Å². The van der Waals surface area contributed by atoms with Crippen molar-refractivity contribution in [2.45, 2.75) is 83.1 Å². The molecule has 3 aliphatic heterocycles. The third kappa shape index (κ3) is 7.21. The summed E-state index contributed by atoms with van der Waals surface area (Å²) in [5, 5.41) is 13.3. The molecule has 0 unspecified atom stereocenters. The van der Waals surface area contributed by atoms with Gasteiger partial charge in [-0.25, -0.2) is 15.0 Å². The number of fused-ring (bicyclic) bond motifs is 10. The average Bonchev–Trinajstić information content (AvgIpc) is 3.98. The summed E-state index contributed by atoms with van der Waals surface area (Å²) < 4.78 is 5.72. The Morgan fingerprint density at radius 1 is 0.808 bits per heavy atom. The monoisotopic (exact) mass is 744 g/mol. The van der Waals surface area contributed by atoms with Crippen LogP contribution in [-0.2, 0) is 20.8 Å². The second-order valence-corrected chi connectivity index (χ2v) is 15.5. The van der Waals surface area contributed by atoms with Crippen LogP contribution in [0.2, 0.25) is 0 Å². The third-order valence-electron chi connectivity index (χ3n) is 9.72. The Kier molecular flexibility index (Phi) is 10.2. The Morgan fingerprint density at radius 3 is 2.27 bits per heavy atom. The second-order valence-electron chi connectivity index (χ2n) is 13.7. The Labute approximate surface area is 308 Å². The van der Waals surface area contributed by atoms with Crippen LogP contribution in [-0.4, -0.2) is 85.5 Å². The van der Waals surface area contributed by atoms with Gasteiger partial charge in [0.1, 0.15) is 45.8 Å². The number of carbonyl (C=O) groups is 5. The van der Waals surface area contributed by atoms with Crippen LogP contribution in [0.15, 0.2) is 51.8 Å². The zero-order valence-corrected chi connectivity index (χ0v) is 30.7. The van der Waals surface area contributed by atoms with Gasteiger partial charge in [-0.1, -0.05) is 44.2 Å². The molecule has 5 atom stereocenters. The fourth-order valence-electron chi connectivity index (χ4n) is 6.97. The van der Waals surface area contributed by atoms with Gasteiger partial charge in [0.05, 0.1) is 12.1 Å². The first-order valence-electron chi connectivity index (χ1n) is 17.5. The summed E-state index contributed by atoms with van der Waals surface area (Å²) >= 11 is 2.59. The van der Waals surface area contributed by atoms with E-state index in [1.54, 1.807) is 22.6 Å². The van der Waals surface area contributed by atoms with Crippen molar-refractivity contribution in [3.63, 3.8) is 0 Å². The van der Waals surface area contributed by atoms with E-state index in [4.69, 9.17) is 9.40 Å². The number of oxazole rings is 1. The molecule has 16 heteroatoms. The molecule has 272 valence electrons. The molecule has 6 bridgehead atoms. The number of aromatic nitrogens is 3. The number of nitrogens with one attached hydrogen (secondary N) is 3. The van der Waals surface area contributed by atoms with Gasteiger partial charge >= 0.3 is 0 Å². The molecule has 6 heterocycles. The molecule has 14 nitrogen and oxygen atoms in total. The highest BCUT2D eigenvalue weighted by molar-refractivity contribution is 7.10. The summed E-state index contributed by atoms with van der Waals surface area (Å²) in [6, 6.07) is 6.04. The largest absolute Gasteiger partial charge is 0.442 e. The predicted octanol–water partition coefficient (Wildman–Crippen LogP) is 3.90. The van der Waals surface area contributed by atoms with Crippen molar-refractivity contribution in [2.24, 2.45) is 5.92 Å². The Bertz CT molecular complexity index is 1970. The lowest BCUT2D eigenvalue weighted by Crippen LogP contribution is -2.55. The normalized spacial score (nSPS) is 24.6. The summed E-state index contributed by atoms with van der Waals surface area (Å²) in [6.07, 6.45) is 4.04. The van der Waals surface area contributed by atoms with E-state index in [0.29, 0.717) is 48.1 Å². The van der Waals surface area contributed by atoms with Crippen molar-refractivity contribution >= 4 is 52.2 Å². The van der Waals surface area contributed by atoms with Crippen molar-refractivity contribution in [3.8, 4) is 11.6 Å². The number of benzene rings is 1. The number of hydrogen-bond acceptors (Lipinski definition) is 11. The molecule has 5 amide bonds. The molecule has 2 fully saturated rings. The van der Waals surface area contributed by atoms with Crippen LogP contribution in [0.3, 0.4) is 0 Å². The molecular weight excluding hydrogens is 705 g/mol. The molecule has 3 aliphatic rings. The maximum Gasteiger partial charge on any atom is 0.276 e. The number of rotatable bonds is 3. The Balaban J connectivity index is 1.23. The van der Waals surface area contributed by atoms with E-state index in [1.807, 2.05) is 44.2 Å². The first-order chi connectivity index (χ1) is 25.1. The lowest BCUT2D eigenvalue weighted by Gasteiger charge is -2.28. The van der Waals surface area contributed by atoms with Gasteiger partial charge in [0.15, 0.2) is 5.69 Å². The zero-order chi connectivity index (χ0) is 36.5. The van der Waals surface area contributed by atoms with E-state index in [2.05, 4.69) is 25.9 Å². The number of amides is 5. The molecule has 0 spiro atoms. The number of hydrogen-bond donors (Lipinski definition) is 3.